The van der Waals surface area contributed by atoms with Crippen molar-refractivity contribution in [1.82, 2.24) is 20.4 Å². The van der Waals surface area contributed by atoms with E-state index in [0.717, 1.165) is 58.5 Å². The predicted octanol–water partition coefficient (Wildman–Crippen LogP) is -0.169. The first kappa shape index (κ1) is 25.3. The molecule has 0 unspecified atom stereocenters. The van der Waals surface area contributed by atoms with Crippen molar-refractivity contribution in [2.45, 2.75) is 50.5 Å². The highest BCUT2D eigenvalue weighted by Crippen LogP contribution is 2.31. The van der Waals surface area contributed by atoms with Crippen molar-refractivity contribution in [3.63, 3.8) is 0 Å². The van der Waals surface area contributed by atoms with Gasteiger partial charge in [-0.15, -0.1) is 0 Å². The fourth-order valence-corrected chi connectivity index (χ4v) is 5.22. The van der Waals surface area contributed by atoms with Gasteiger partial charge in [0.25, 0.3) is 0 Å². The number of hydrogen-bond donors (Lipinski definition) is 6. The Balaban J connectivity index is 1.17. The summed E-state index contributed by atoms with van der Waals surface area (Å²) in [5.74, 6) is -1.22. The lowest BCUT2D eigenvalue weighted by Crippen LogP contribution is -2.54. The number of hydrogen-bond acceptors (Lipinski definition) is 7. The largest absolute Gasteiger partial charge is 0.547 e. The van der Waals surface area contributed by atoms with Crippen molar-refractivity contribution in [2.75, 3.05) is 32.8 Å². The minimum Gasteiger partial charge on any atom is -0.534 e. The van der Waals surface area contributed by atoms with E-state index in [0.29, 0.717) is 30.4 Å². The molecule has 190 valence electrons. The number of nitrogens with two attached hydrogens (primary N) is 1. The van der Waals surface area contributed by atoms with Gasteiger partial charge in [0.15, 0.2) is 5.96 Å². The molecule has 1 atom stereocenters. The molecular weight excluding hydrogens is 451 g/mol. The summed E-state index contributed by atoms with van der Waals surface area (Å²) < 4.78 is 5.46. The van der Waals surface area contributed by atoms with Gasteiger partial charge in [0, 0.05) is 45.3 Å². The van der Waals surface area contributed by atoms with Gasteiger partial charge in [-0.3, -0.25) is 15.1 Å². The molecular formula is C23H35BN6O5. The number of amides is 1. The third-order valence-corrected chi connectivity index (χ3v) is 7.33. The van der Waals surface area contributed by atoms with Crippen LogP contribution in [0.3, 0.4) is 0 Å². The third-order valence-electron chi connectivity index (χ3n) is 7.33. The van der Waals surface area contributed by atoms with Gasteiger partial charge < -0.3 is 36.1 Å². The lowest BCUT2D eigenvalue weighted by atomic mass is 9.72. The summed E-state index contributed by atoms with van der Waals surface area (Å²) in [7, 11) is -1.29. The van der Waals surface area contributed by atoms with Gasteiger partial charge >= 0.3 is 13.1 Å². The first-order chi connectivity index (χ1) is 16.8. The molecule has 1 aromatic carbocycles. The molecule has 11 nitrogen and oxygen atoms in total. The normalized spacial score (nSPS) is 24.9. The third kappa shape index (κ3) is 6.44. The molecule has 0 spiro atoms. The van der Waals surface area contributed by atoms with E-state index in [-0.39, 0.29) is 23.2 Å². The number of piperazine rings is 1. The summed E-state index contributed by atoms with van der Waals surface area (Å²) >= 11 is 0. The number of guanidine groups is 1. The maximum Gasteiger partial charge on any atom is 0.547 e. The Kier molecular flexibility index (Phi) is 8.14. The molecule has 1 saturated heterocycles. The van der Waals surface area contributed by atoms with Gasteiger partial charge in [0.05, 0.1) is 11.5 Å². The first-order valence-corrected chi connectivity index (χ1v) is 12.3. The molecule has 3 aliphatic rings. The van der Waals surface area contributed by atoms with E-state index in [9.17, 15) is 19.7 Å². The minimum absolute atomic E-state index is 0.00927. The second kappa shape index (κ2) is 11.3. The molecule has 1 aliphatic carbocycles. The van der Waals surface area contributed by atoms with Crippen molar-refractivity contribution in [3.8, 4) is 5.75 Å². The second-order valence-corrected chi connectivity index (χ2v) is 9.76. The maximum atomic E-state index is 12.7. The number of carboxylic acid groups (broad SMARTS) is 1. The van der Waals surface area contributed by atoms with Crippen LogP contribution < -0.4 is 21.0 Å². The van der Waals surface area contributed by atoms with E-state index in [2.05, 4.69) is 15.5 Å². The first-order valence-electron chi connectivity index (χ1n) is 12.3. The van der Waals surface area contributed by atoms with Crippen molar-refractivity contribution in [3.05, 3.63) is 29.3 Å². The number of carboxylic acids is 1. The zero-order valence-electron chi connectivity index (χ0n) is 19.9. The van der Waals surface area contributed by atoms with Crippen LogP contribution in [0, 0.1) is 11.3 Å². The zero-order chi connectivity index (χ0) is 24.9. The molecule has 2 aliphatic heterocycles. The number of aromatic carboxylic acids is 1. The fraction of sp³-hybridized carbons (Fsp3) is 0.609. The Labute approximate surface area is 205 Å². The summed E-state index contributed by atoms with van der Waals surface area (Å²) in [6.07, 6.45) is 4.71. The Hall–Kier alpha value is -2.83. The van der Waals surface area contributed by atoms with Crippen molar-refractivity contribution >= 4 is 25.0 Å². The molecule has 0 aromatic heterocycles. The Morgan fingerprint density at radius 1 is 1.17 bits per heavy atom. The number of nitrogens with one attached hydrogen (secondary N) is 3. The molecule has 7 N–H and O–H groups in total. The van der Waals surface area contributed by atoms with Crippen molar-refractivity contribution < 1.29 is 24.4 Å². The summed E-state index contributed by atoms with van der Waals surface area (Å²) in [6.45, 7) is 4.17. The maximum absolute atomic E-state index is 12.7. The SMILES string of the molecule is N=C(N)N1CCN(CNC2CCC(CC(=O)N[C@H]3Cc4cccc(C(=O)O)c4OB3O)CC2)CC1. The smallest absolute Gasteiger partial charge is 0.534 e. The standard InChI is InChI=1S/C23H35BN6O5/c25-23(26)30-10-8-29(9-11-30)14-27-17-6-4-15(5-7-17)12-20(31)28-19-13-16-2-1-3-18(22(32)33)21(16)35-24(19)34/h1-3,15,17,19,27,34H,4-14H2,(H3,25,26)(H,28,31)(H,32,33)/t15?,17?,19-/m0/s1. The van der Waals surface area contributed by atoms with E-state index < -0.39 is 19.0 Å². The number of fused-ring (bicyclic) bond motifs is 1. The van der Waals surface area contributed by atoms with E-state index >= 15 is 0 Å². The van der Waals surface area contributed by atoms with Gasteiger partial charge in [-0.05, 0) is 49.7 Å². The van der Waals surface area contributed by atoms with Crippen LogP contribution in [0.25, 0.3) is 0 Å². The summed E-state index contributed by atoms with van der Waals surface area (Å²) in [4.78, 5) is 28.3. The number of rotatable bonds is 7. The summed E-state index contributed by atoms with van der Waals surface area (Å²) in [5, 5.41) is 33.7. The van der Waals surface area contributed by atoms with Gasteiger partial charge in [-0.2, -0.15) is 0 Å². The monoisotopic (exact) mass is 486 g/mol. The number of para-hydroxylation sites is 1. The van der Waals surface area contributed by atoms with Crippen LogP contribution >= 0.6 is 0 Å². The van der Waals surface area contributed by atoms with E-state index in [1.54, 1.807) is 12.1 Å². The van der Waals surface area contributed by atoms with Crippen LogP contribution in [0.4, 0.5) is 0 Å². The van der Waals surface area contributed by atoms with E-state index in [1.165, 1.54) is 6.07 Å². The van der Waals surface area contributed by atoms with E-state index in [4.69, 9.17) is 15.8 Å². The molecule has 35 heavy (non-hydrogen) atoms. The highest BCUT2D eigenvalue weighted by atomic mass is 16.5. The molecule has 4 rings (SSSR count). The second-order valence-electron chi connectivity index (χ2n) is 9.76. The van der Waals surface area contributed by atoms with Gasteiger partial charge in [-0.25, -0.2) is 4.79 Å². The Bertz CT molecular complexity index is 933. The minimum atomic E-state index is -1.29. The summed E-state index contributed by atoms with van der Waals surface area (Å²) in [6, 6.07) is 5.27. The molecule has 2 fully saturated rings. The Morgan fingerprint density at radius 2 is 1.89 bits per heavy atom. The lowest BCUT2D eigenvalue weighted by Gasteiger charge is -2.36. The number of carbonyl (C=O) groups is 2. The molecule has 1 amide bonds. The fourth-order valence-electron chi connectivity index (χ4n) is 5.22. The average molecular weight is 486 g/mol. The Morgan fingerprint density at radius 3 is 2.54 bits per heavy atom. The highest BCUT2D eigenvalue weighted by Gasteiger charge is 2.38. The van der Waals surface area contributed by atoms with Crippen LogP contribution in [0.1, 0.15) is 48.0 Å². The van der Waals surface area contributed by atoms with Crippen LogP contribution in [0.5, 0.6) is 5.75 Å². The molecule has 0 bridgehead atoms. The highest BCUT2D eigenvalue weighted by molar-refractivity contribution is 6.47. The molecule has 0 radical (unpaired) electrons. The van der Waals surface area contributed by atoms with Crippen LogP contribution in [-0.4, -0.2) is 89.7 Å². The van der Waals surface area contributed by atoms with Crippen LogP contribution in [0.15, 0.2) is 18.2 Å². The quantitative estimate of drug-likeness (QED) is 0.174. The molecule has 1 saturated carbocycles. The number of nitrogens with zero attached hydrogens (tertiary/aromatic N) is 2. The average Bonchev–Trinajstić information content (AvgIpc) is 2.84. The topological polar surface area (TPSA) is 164 Å². The van der Waals surface area contributed by atoms with Crippen LogP contribution in [0.2, 0.25) is 0 Å². The predicted molar refractivity (Wildman–Crippen MR) is 131 cm³/mol. The molecule has 12 heteroatoms. The van der Waals surface area contributed by atoms with Gasteiger partial charge in [0.2, 0.25) is 5.91 Å². The van der Waals surface area contributed by atoms with E-state index in [1.807, 2.05) is 4.90 Å². The van der Waals surface area contributed by atoms with Crippen LogP contribution in [-0.2, 0) is 11.2 Å². The number of benzene rings is 1. The zero-order valence-corrected chi connectivity index (χ0v) is 19.9. The van der Waals surface area contributed by atoms with Crippen molar-refractivity contribution in [2.24, 2.45) is 11.7 Å². The summed E-state index contributed by atoms with van der Waals surface area (Å²) in [5.41, 5.74) is 6.22. The lowest BCUT2D eigenvalue weighted by molar-refractivity contribution is -0.122. The van der Waals surface area contributed by atoms with Crippen molar-refractivity contribution in [1.29, 1.82) is 5.41 Å². The van der Waals surface area contributed by atoms with Gasteiger partial charge in [0.1, 0.15) is 5.75 Å². The molecule has 2 heterocycles. The van der Waals surface area contributed by atoms with Gasteiger partial charge in [-0.1, -0.05) is 12.1 Å². The number of carbonyl (C=O) groups excluding carboxylic acids is 1. The molecule has 1 aromatic rings.